The van der Waals surface area contributed by atoms with Crippen molar-refractivity contribution < 1.29 is 61.8 Å². The largest absolute Gasteiger partial charge is 0.857 e. The van der Waals surface area contributed by atoms with Gasteiger partial charge in [0.15, 0.2) is 0 Å². The molecule has 0 rings (SSSR count). The van der Waals surface area contributed by atoms with Gasteiger partial charge < -0.3 is 30.6 Å². The molecule has 0 fully saturated rings. The fraction of sp³-hybridized carbons (Fsp3) is 1.00. The summed E-state index contributed by atoms with van der Waals surface area (Å²) in [6.45, 7) is 0. The fourth-order valence-corrected chi connectivity index (χ4v) is 0. The molecular formula is C6H18O6U-6. The summed E-state index contributed by atoms with van der Waals surface area (Å²) in [6, 6.07) is 0. The third-order valence-electron chi connectivity index (χ3n) is 0. The van der Waals surface area contributed by atoms with Crippen LogP contribution < -0.4 is 30.6 Å². The van der Waals surface area contributed by atoms with E-state index in [0.717, 1.165) is 42.7 Å². The predicted octanol–water partition coefficient (Wildman–Crippen LogP) is -6.14. The van der Waals surface area contributed by atoms with Crippen LogP contribution in [0.25, 0.3) is 0 Å². The van der Waals surface area contributed by atoms with Crippen molar-refractivity contribution in [3.8, 4) is 0 Å². The van der Waals surface area contributed by atoms with Crippen LogP contribution in [0.5, 0.6) is 0 Å². The molecule has 0 saturated carbocycles. The molecule has 6 nitrogen and oxygen atoms in total. The zero-order valence-corrected chi connectivity index (χ0v) is 13.1. The Morgan fingerprint density at radius 1 is 0.308 bits per heavy atom. The van der Waals surface area contributed by atoms with Gasteiger partial charge in [0.2, 0.25) is 0 Å². The molecule has 0 N–H and O–H groups in total. The molecule has 0 bridgehead atoms. The van der Waals surface area contributed by atoms with Crippen molar-refractivity contribution in [3.63, 3.8) is 0 Å². The molecular weight excluding hydrogens is 406 g/mol. The van der Waals surface area contributed by atoms with Crippen LogP contribution in [0.1, 0.15) is 0 Å². The van der Waals surface area contributed by atoms with E-state index in [0.29, 0.717) is 0 Å². The normalized spacial score (nSPS) is 2.77. The molecule has 0 aliphatic rings. The van der Waals surface area contributed by atoms with E-state index in [2.05, 4.69) is 0 Å². The zero-order chi connectivity index (χ0) is 12.0. The molecule has 0 aliphatic heterocycles. The topological polar surface area (TPSA) is 138 Å². The van der Waals surface area contributed by atoms with Crippen molar-refractivity contribution in [3.05, 3.63) is 0 Å². The van der Waals surface area contributed by atoms with Crippen molar-refractivity contribution >= 4 is 0 Å². The van der Waals surface area contributed by atoms with Gasteiger partial charge in [-0.25, -0.2) is 0 Å². The van der Waals surface area contributed by atoms with E-state index in [1.165, 1.54) is 0 Å². The standard InChI is InChI=1S/6CH3O.U/c6*1-2;/h6*1H3;/q6*-1;. The molecule has 88 valence electrons. The van der Waals surface area contributed by atoms with Crippen LogP contribution in [0.15, 0.2) is 0 Å². The maximum Gasteiger partial charge on any atom is 0 e. The minimum Gasteiger partial charge on any atom is -0.857 e. The summed E-state index contributed by atoms with van der Waals surface area (Å²) in [4.78, 5) is 0. The van der Waals surface area contributed by atoms with Crippen molar-refractivity contribution in [1.82, 2.24) is 0 Å². The summed E-state index contributed by atoms with van der Waals surface area (Å²) in [7, 11) is 4.50. The van der Waals surface area contributed by atoms with Crippen LogP contribution in [-0.4, -0.2) is 42.7 Å². The summed E-state index contributed by atoms with van der Waals surface area (Å²) in [5.41, 5.74) is 0. The zero-order valence-electron chi connectivity index (χ0n) is 8.95. The van der Waals surface area contributed by atoms with Crippen molar-refractivity contribution in [2.24, 2.45) is 0 Å². The average molecular weight is 424 g/mol. The van der Waals surface area contributed by atoms with Gasteiger partial charge in [-0.15, -0.1) is 0 Å². The molecule has 7 heteroatoms. The first kappa shape index (κ1) is 48.9. The Hall–Kier alpha value is 0.812. The summed E-state index contributed by atoms with van der Waals surface area (Å²) in [5.74, 6) is 0. The van der Waals surface area contributed by atoms with Crippen LogP contribution in [0.2, 0.25) is 0 Å². The third kappa shape index (κ3) is 2270. The second-order valence-electron chi connectivity index (χ2n) is 0. The Morgan fingerprint density at radius 2 is 0.308 bits per heavy atom. The first-order chi connectivity index (χ1) is 6.00. The van der Waals surface area contributed by atoms with Crippen LogP contribution >= 0.6 is 0 Å². The van der Waals surface area contributed by atoms with E-state index >= 15 is 0 Å². The van der Waals surface area contributed by atoms with Gasteiger partial charge in [-0.1, -0.05) is 0 Å². The van der Waals surface area contributed by atoms with Gasteiger partial charge in [0.05, 0.1) is 0 Å². The Bertz CT molecular complexity index is 17.1. The molecule has 0 spiro atoms. The van der Waals surface area contributed by atoms with Crippen molar-refractivity contribution in [2.75, 3.05) is 42.7 Å². The van der Waals surface area contributed by atoms with Gasteiger partial charge >= 0.3 is 0 Å². The van der Waals surface area contributed by atoms with Gasteiger partial charge in [0.25, 0.3) is 0 Å². The van der Waals surface area contributed by atoms with Gasteiger partial charge in [0, 0.05) is 31.1 Å². The summed E-state index contributed by atoms with van der Waals surface area (Å²) in [5, 5.41) is 49.5. The Labute approximate surface area is 104 Å². The van der Waals surface area contributed by atoms with E-state index < -0.39 is 0 Å². The number of rotatable bonds is 0. The maximum absolute atomic E-state index is 8.25. The fourth-order valence-electron chi connectivity index (χ4n) is 0. The predicted molar refractivity (Wildman–Crippen MR) is 35.5 cm³/mol. The molecule has 0 radical (unpaired) electrons. The second-order valence-corrected chi connectivity index (χ2v) is 0. The second kappa shape index (κ2) is 2710. The molecule has 0 aromatic rings. The molecule has 0 atom stereocenters. The molecule has 0 aromatic heterocycles. The number of hydrogen-bond acceptors (Lipinski definition) is 6. The van der Waals surface area contributed by atoms with E-state index in [-0.39, 0.29) is 31.1 Å². The third-order valence-corrected chi connectivity index (χ3v) is 0. The van der Waals surface area contributed by atoms with Gasteiger partial charge in [-0.3, -0.25) is 0 Å². The molecule has 0 saturated heterocycles. The molecule has 0 aromatic carbocycles. The Morgan fingerprint density at radius 3 is 0.308 bits per heavy atom. The summed E-state index contributed by atoms with van der Waals surface area (Å²) >= 11 is 0. The average Bonchev–Trinajstić information content (AvgIpc) is 2.33. The van der Waals surface area contributed by atoms with Crippen molar-refractivity contribution in [1.29, 1.82) is 0 Å². The molecule has 0 amide bonds. The number of hydrogen-bond donors (Lipinski definition) is 0. The summed E-state index contributed by atoms with van der Waals surface area (Å²) in [6.07, 6.45) is 0. The Kier molecular flexibility index (Phi) is 10200. The summed E-state index contributed by atoms with van der Waals surface area (Å²) < 4.78 is 0. The van der Waals surface area contributed by atoms with Gasteiger partial charge in [-0.05, 0) is 0 Å². The minimum atomic E-state index is 0. The first-order valence-electron chi connectivity index (χ1n) is 2.45. The van der Waals surface area contributed by atoms with E-state index in [9.17, 15) is 0 Å². The maximum atomic E-state index is 8.25. The molecule has 0 heterocycles. The van der Waals surface area contributed by atoms with Crippen LogP contribution in [0, 0.1) is 31.1 Å². The van der Waals surface area contributed by atoms with Gasteiger partial charge in [0.1, 0.15) is 0 Å². The quantitative estimate of drug-likeness (QED) is 0.379. The van der Waals surface area contributed by atoms with E-state index in [4.69, 9.17) is 30.6 Å². The monoisotopic (exact) mass is 424 g/mol. The molecule has 13 heavy (non-hydrogen) atoms. The van der Waals surface area contributed by atoms with Crippen molar-refractivity contribution in [2.45, 2.75) is 0 Å². The van der Waals surface area contributed by atoms with E-state index in [1.807, 2.05) is 0 Å². The van der Waals surface area contributed by atoms with Gasteiger partial charge in [-0.2, -0.15) is 42.7 Å². The Balaban J connectivity index is -0.00000000655. The molecule has 0 unspecified atom stereocenters. The van der Waals surface area contributed by atoms with E-state index in [1.54, 1.807) is 0 Å². The van der Waals surface area contributed by atoms with Crippen LogP contribution in [0.4, 0.5) is 0 Å². The van der Waals surface area contributed by atoms with Crippen LogP contribution in [-0.2, 0) is 0 Å². The smallest absolute Gasteiger partial charge is 0 e. The SMILES string of the molecule is C[O-].C[O-].C[O-].C[O-].C[O-].C[O-].[U]. The van der Waals surface area contributed by atoms with Crippen LogP contribution in [0.3, 0.4) is 0 Å². The first-order valence-corrected chi connectivity index (χ1v) is 2.45. The minimum absolute atomic E-state index is 0. The molecule has 0 aliphatic carbocycles.